The third kappa shape index (κ3) is 2.97. The molecule has 5 heteroatoms. The molecule has 3 N–H and O–H groups in total. The highest BCUT2D eigenvalue weighted by Gasteiger charge is 2.37. The average Bonchev–Trinajstić information content (AvgIpc) is 2.75. The zero-order valence-corrected chi connectivity index (χ0v) is 10.4. The van der Waals surface area contributed by atoms with Crippen LogP contribution in [-0.2, 0) is 9.53 Å². The van der Waals surface area contributed by atoms with Crippen molar-refractivity contribution in [2.24, 2.45) is 0 Å². The van der Waals surface area contributed by atoms with Crippen molar-refractivity contribution >= 4 is 5.91 Å². The van der Waals surface area contributed by atoms with Gasteiger partial charge in [-0.2, -0.15) is 0 Å². The van der Waals surface area contributed by atoms with Crippen LogP contribution in [0.5, 0.6) is 0 Å². The topological polar surface area (TPSA) is 70.6 Å². The fourth-order valence-electron chi connectivity index (χ4n) is 2.46. The van der Waals surface area contributed by atoms with Gasteiger partial charge in [0.25, 0.3) is 0 Å². The van der Waals surface area contributed by atoms with Gasteiger partial charge in [-0.15, -0.1) is 0 Å². The van der Waals surface area contributed by atoms with Crippen LogP contribution in [0, 0.1) is 0 Å². The Labute approximate surface area is 102 Å². The monoisotopic (exact) mass is 242 g/mol. The molecule has 0 spiro atoms. The first-order valence-electron chi connectivity index (χ1n) is 6.38. The van der Waals surface area contributed by atoms with E-state index in [2.05, 4.69) is 10.6 Å². The lowest BCUT2D eigenvalue weighted by atomic mass is 9.93. The molecule has 0 saturated carbocycles. The number of amides is 1. The minimum atomic E-state index is -0.789. The zero-order chi connectivity index (χ0) is 12.4. The molecule has 0 aromatic heterocycles. The first-order chi connectivity index (χ1) is 8.04. The standard InChI is InChI=1S/C12H22N2O3/c1-11(3-2-6-14-11)10(15)13-9-12(16)4-7-17-8-5-12/h14,16H,2-9H2,1H3,(H,13,15). The predicted octanol–water partition coefficient (Wildman–Crippen LogP) is -0.214. The van der Waals surface area contributed by atoms with E-state index in [-0.39, 0.29) is 5.91 Å². The highest BCUT2D eigenvalue weighted by Crippen LogP contribution is 2.21. The van der Waals surface area contributed by atoms with Gasteiger partial charge in [0.1, 0.15) is 0 Å². The van der Waals surface area contributed by atoms with Crippen molar-refractivity contribution in [1.82, 2.24) is 10.6 Å². The van der Waals surface area contributed by atoms with E-state index in [0.29, 0.717) is 32.6 Å². The molecule has 0 aromatic carbocycles. The SMILES string of the molecule is CC1(C(=O)NCC2(O)CCOCC2)CCCN1. The van der Waals surface area contributed by atoms with Crippen molar-refractivity contribution in [2.45, 2.75) is 43.7 Å². The molecule has 5 nitrogen and oxygen atoms in total. The summed E-state index contributed by atoms with van der Waals surface area (Å²) in [6.45, 7) is 4.28. The highest BCUT2D eigenvalue weighted by molar-refractivity contribution is 5.86. The molecule has 2 saturated heterocycles. The molecule has 2 aliphatic rings. The van der Waals surface area contributed by atoms with E-state index in [0.717, 1.165) is 19.4 Å². The van der Waals surface area contributed by atoms with Crippen LogP contribution >= 0.6 is 0 Å². The number of aliphatic hydroxyl groups is 1. The first kappa shape index (κ1) is 12.8. The highest BCUT2D eigenvalue weighted by atomic mass is 16.5. The normalized spacial score (nSPS) is 32.4. The number of ether oxygens (including phenoxy) is 1. The lowest BCUT2D eigenvalue weighted by molar-refractivity contribution is -0.129. The van der Waals surface area contributed by atoms with E-state index in [1.165, 1.54) is 0 Å². The van der Waals surface area contributed by atoms with Crippen LogP contribution in [0.1, 0.15) is 32.6 Å². The molecule has 0 radical (unpaired) electrons. The van der Waals surface area contributed by atoms with Gasteiger partial charge in [-0.25, -0.2) is 0 Å². The second-order valence-electron chi connectivity index (χ2n) is 5.38. The van der Waals surface area contributed by atoms with E-state index >= 15 is 0 Å². The Morgan fingerprint density at radius 1 is 1.41 bits per heavy atom. The van der Waals surface area contributed by atoms with Crippen molar-refractivity contribution in [3.63, 3.8) is 0 Å². The van der Waals surface area contributed by atoms with Gasteiger partial charge in [-0.3, -0.25) is 4.79 Å². The molecular weight excluding hydrogens is 220 g/mol. The Morgan fingerprint density at radius 2 is 2.12 bits per heavy atom. The number of carbonyl (C=O) groups excluding carboxylic acids is 1. The largest absolute Gasteiger partial charge is 0.388 e. The maximum Gasteiger partial charge on any atom is 0.240 e. The smallest absolute Gasteiger partial charge is 0.240 e. The van der Waals surface area contributed by atoms with Gasteiger partial charge >= 0.3 is 0 Å². The van der Waals surface area contributed by atoms with Crippen LogP contribution in [0.2, 0.25) is 0 Å². The molecule has 0 aliphatic carbocycles. The number of hydrogen-bond acceptors (Lipinski definition) is 4. The van der Waals surface area contributed by atoms with Crippen LogP contribution in [0.3, 0.4) is 0 Å². The summed E-state index contributed by atoms with van der Waals surface area (Å²) in [5.41, 5.74) is -1.25. The summed E-state index contributed by atoms with van der Waals surface area (Å²) in [6, 6.07) is 0. The van der Waals surface area contributed by atoms with Gasteiger partial charge in [0.05, 0.1) is 11.1 Å². The molecule has 2 aliphatic heterocycles. The van der Waals surface area contributed by atoms with Crippen LogP contribution in [0.4, 0.5) is 0 Å². The number of hydrogen-bond donors (Lipinski definition) is 3. The van der Waals surface area contributed by atoms with E-state index in [9.17, 15) is 9.90 Å². The van der Waals surface area contributed by atoms with Crippen molar-refractivity contribution in [3.8, 4) is 0 Å². The molecule has 1 atom stereocenters. The molecule has 2 heterocycles. The summed E-state index contributed by atoms with van der Waals surface area (Å²) in [5, 5.41) is 16.3. The Kier molecular flexibility index (Phi) is 3.70. The predicted molar refractivity (Wildman–Crippen MR) is 63.7 cm³/mol. The van der Waals surface area contributed by atoms with Crippen molar-refractivity contribution in [2.75, 3.05) is 26.3 Å². The number of carbonyl (C=O) groups is 1. The van der Waals surface area contributed by atoms with Gasteiger partial charge in [0.2, 0.25) is 5.91 Å². The Balaban J connectivity index is 1.83. The number of rotatable bonds is 3. The third-order valence-electron chi connectivity index (χ3n) is 3.87. The van der Waals surface area contributed by atoms with Crippen LogP contribution < -0.4 is 10.6 Å². The quantitative estimate of drug-likeness (QED) is 0.640. The summed E-state index contributed by atoms with van der Waals surface area (Å²) >= 11 is 0. The molecule has 17 heavy (non-hydrogen) atoms. The van der Waals surface area contributed by atoms with Crippen LogP contribution in [0.15, 0.2) is 0 Å². The molecule has 1 amide bonds. The van der Waals surface area contributed by atoms with Crippen LogP contribution in [0.25, 0.3) is 0 Å². The molecule has 1 unspecified atom stereocenters. The maximum atomic E-state index is 12.0. The summed E-state index contributed by atoms with van der Waals surface area (Å²) < 4.78 is 5.21. The Bertz CT molecular complexity index is 281. The fourth-order valence-corrected chi connectivity index (χ4v) is 2.46. The van der Waals surface area contributed by atoms with E-state index < -0.39 is 11.1 Å². The summed E-state index contributed by atoms with van der Waals surface area (Å²) in [5.74, 6) is -0.00471. The summed E-state index contributed by atoms with van der Waals surface area (Å²) in [7, 11) is 0. The summed E-state index contributed by atoms with van der Waals surface area (Å²) in [6.07, 6.45) is 3.08. The minimum absolute atomic E-state index is 0.00471. The second kappa shape index (κ2) is 4.92. The number of nitrogens with one attached hydrogen (secondary N) is 2. The van der Waals surface area contributed by atoms with E-state index in [1.54, 1.807) is 0 Å². The molecule has 2 fully saturated rings. The van der Waals surface area contributed by atoms with Crippen molar-refractivity contribution in [3.05, 3.63) is 0 Å². The first-order valence-corrected chi connectivity index (χ1v) is 6.38. The van der Waals surface area contributed by atoms with Gasteiger partial charge in [-0.05, 0) is 26.3 Å². The molecule has 0 bridgehead atoms. The Hall–Kier alpha value is -0.650. The Morgan fingerprint density at radius 3 is 2.71 bits per heavy atom. The average molecular weight is 242 g/mol. The fraction of sp³-hybridized carbons (Fsp3) is 0.917. The third-order valence-corrected chi connectivity index (χ3v) is 3.87. The van der Waals surface area contributed by atoms with Gasteiger partial charge in [0.15, 0.2) is 0 Å². The van der Waals surface area contributed by atoms with Gasteiger partial charge < -0.3 is 20.5 Å². The lowest BCUT2D eigenvalue weighted by Gasteiger charge is -2.33. The van der Waals surface area contributed by atoms with Crippen LogP contribution in [-0.4, -0.2) is 48.5 Å². The van der Waals surface area contributed by atoms with E-state index in [1.807, 2.05) is 6.92 Å². The second-order valence-corrected chi connectivity index (χ2v) is 5.38. The molecule has 2 rings (SSSR count). The maximum absolute atomic E-state index is 12.0. The zero-order valence-electron chi connectivity index (χ0n) is 10.4. The molecule has 98 valence electrons. The van der Waals surface area contributed by atoms with Gasteiger partial charge in [0, 0.05) is 32.6 Å². The molecular formula is C12H22N2O3. The van der Waals surface area contributed by atoms with Crippen molar-refractivity contribution < 1.29 is 14.6 Å². The van der Waals surface area contributed by atoms with E-state index in [4.69, 9.17) is 4.74 Å². The van der Waals surface area contributed by atoms with Crippen molar-refractivity contribution in [1.29, 1.82) is 0 Å². The lowest BCUT2D eigenvalue weighted by Crippen LogP contribution is -2.55. The minimum Gasteiger partial charge on any atom is -0.388 e. The summed E-state index contributed by atoms with van der Waals surface area (Å²) in [4.78, 5) is 12.0. The van der Waals surface area contributed by atoms with Gasteiger partial charge in [-0.1, -0.05) is 0 Å². The molecule has 0 aromatic rings.